The Hall–Kier alpha value is -0.530. The van der Waals surface area contributed by atoms with Crippen LogP contribution in [0.3, 0.4) is 0 Å². The summed E-state index contributed by atoms with van der Waals surface area (Å²) in [5, 5.41) is 0. The summed E-state index contributed by atoms with van der Waals surface area (Å²) in [4.78, 5) is 10.5. The fourth-order valence-electron chi connectivity index (χ4n) is 1.59. The van der Waals surface area contributed by atoms with Crippen LogP contribution in [-0.2, 0) is 4.79 Å². The van der Waals surface area contributed by atoms with Gasteiger partial charge in [0.15, 0.2) is 0 Å². The van der Waals surface area contributed by atoms with Gasteiger partial charge >= 0.3 is 0 Å². The average Bonchev–Trinajstić information content (AvgIpc) is 2.60. The summed E-state index contributed by atoms with van der Waals surface area (Å²) in [5.74, 6) is 1.76. The Kier molecular flexibility index (Phi) is 0.875. The number of nitrogens with two attached hydrogens (primary N) is 1. The first-order chi connectivity index (χ1) is 4.29. The number of rotatable bonds is 2. The maximum absolute atomic E-state index is 10.5. The van der Waals surface area contributed by atoms with Crippen molar-refractivity contribution in [2.24, 2.45) is 23.5 Å². The van der Waals surface area contributed by atoms with E-state index in [0.717, 1.165) is 12.3 Å². The number of amides is 1. The number of hydrogen-bond acceptors (Lipinski definition) is 1. The minimum absolute atomic E-state index is 0.0769. The number of carbonyl (C=O) groups excluding carboxylic acids is 1. The van der Waals surface area contributed by atoms with E-state index < -0.39 is 0 Å². The van der Waals surface area contributed by atoms with E-state index in [-0.39, 0.29) is 11.8 Å². The van der Waals surface area contributed by atoms with Crippen molar-refractivity contribution in [2.45, 2.75) is 19.3 Å². The van der Waals surface area contributed by atoms with Gasteiger partial charge in [0, 0.05) is 5.92 Å². The standard InChI is InChI=1S/C7H11NO/c8-7(9)6-3-5(6)4-1-2-4/h4-6H,1-3H2,(H2,8,9)/t5-,6?/m1/s1. The van der Waals surface area contributed by atoms with Gasteiger partial charge in [-0.15, -0.1) is 0 Å². The van der Waals surface area contributed by atoms with Crippen molar-refractivity contribution in [3.8, 4) is 0 Å². The molecule has 0 saturated heterocycles. The van der Waals surface area contributed by atoms with Gasteiger partial charge in [-0.1, -0.05) is 0 Å². The first-order valence-corrected chi connectivity index (χ1v) is 3.58. The molecular weight excluding hydrogens is 114 g/mol. The van der Waals surface area contributed by atoms with E-state index in [1.165, 1.54) is 12.8 Å². The van der Waals surface area contributed by atoms with Crippen LogP contribution in [0.25, 0.3) is 0 Å². The summed E-state index contributed by atoms with van der Waals surface area (Å²) in [7, 11) is 0. The van der Waals surface area contributed by atoms with Gasteiger partial charge in [0.05, 0.1) is 0 Å². The van der Waals surface area contributed by atoms with E-state index in [4.69, 9.17) is 5.73 Å². The molecule has 1 amide bonds. The van der Waals surface area contributed by atoms with E-state index >= 15 is 0 Å². The largest absolute Gasteiger partial charge is 0.369 e. The highest BCUT2D eigenvalue weighted by atomic mass is 16.1. The van der Waals surface area contributed by atoms with Crippen molar-refractivity contribution in [3.63, 3.8) is 0 Å². The highest BCUT2D eigenvalue weighted by molar-refractivity contribution is 5.79. The molecule has 2 heteroatoms. The first-order valence-electron chi connectivity index (χ1n) is 3.58. The lowest BCUT2D eigenvalue weighted by molar-refractivity contribution is -0.119. The summed E-state index contributed by atoms with van der Waals surface area (Å²) in [6.45, 7) is 0. The third kappa shape index (κ3) is 0.824. The lowest BCUT2D eigenvalue weighted by Gasteiger charge is -1.88. The van der Waals surface area contributed by atoms with Gasteiger partial charge in [-0.25, -0.2) is 0 Å². The monoisotopic (exact) mass is 125 g/mol. The van der Waals surface area contributed by atoms with Crippen molar-refractivity contribution in [1.29, 1.82) is 0 Å². The number of carbonyl (C=O) groups is 1. The molecule has 9 heavy (non-hydrogen) atoms. The second kappa shape index (κ2) is 1.49. The molecule has 2 N–H and O–H groups in total. The van der Waals surface area contributed by atoms with E-state index in [2.05, 4.69) is 0 Å². The molecule has 2 fully saturated rings. The number of primary amides is 1. The van der Waals surface area contributed by atoms with Crippen LogP contribution in [0.5, 0.6) is 0 Å². The van der Waals surface area contributed by atoms with Crippen LogP contribution in [0, 0.1) is 17.8 Å². The molecular formula is C7H11NO. The summed E-state index contributed by atoms with van der Waals surface area (Å²) in [6, 6.07) is 0. The third-order valence-electron chi connectivity index (χ3n) is 2.43. The van der Waals surface area contributed by atoms with Crippen molar-refractivity contribution in [1.82, 2.24) is 0 Å². The molecule has 0 radical (unpaired) electrons. The van der Waals surface area contributed by atoms with Crippen LogP contribution in [-0.4, -0.2) is 5.91 Å². The van der Waals surface area contributed by atoms with Crippen LogP contribution >= 0.6 is 0 Å². The molecule has 50 valence electrons. The van der Waals surface area contributed by atoms with Crippen LogP contribution in [0.1, 0.15) is 19.3 Å². The third-order valence-corrected chi connectivity index (χ3v) is 2.43. The molecule has 2 aliphatic rings. The number of hydrogen-bond donors (Lipinski definition) is 1. The molecule has 0 heterocycles. The van der Waals surface area contributed by atoms with Crippen LogP contribution in [0.2, 0.25) is 0 Å². The zero-order chi connectivity index (χ0) is 6.43. The topological polar surface area (TPSA) is 43.1 Å². The first kappa shape index (κ1) is 5.27. The lowest BCUT2D eigenvalue weighted by Crippen LogP contribution is -2.14. The quantitative estimate of drug-likeness (QED) is 0.574. The van der Waals surface area contributed by atoms with Crippen LogP contribution in [0.4, 0.5) is 0 Å². The highest BCUT2D eigenvalue weighted by Crippen LogP contribution is 2.53. The molecule has 2 atom stereocenters. The molecule has 0 bridgehead atoms. The second-order valence-electron chi connectivity index (χ2n) is 3.25. The maximum Gasteiger partial charge on any atom is 0.220 e. The van der Waals surface area contributed by atoms with Gasteiger partial charge in [-0.05, 0) is 31.1 Å². The Balaban J connectivity index is 1.87. The summed E-state index contributed by atoms with van der Waals surface area (Å²) in [5.41, 5.74) is 5.11. The molecule has 0 aliphatic heterocycles. The Bertz CT molecular complexity index is 151. The van der Waals surface area contributed by atoms with E-state index in [1.54, 1.807) is 0 Å². The van der Waals surface area contributed by atoms with E-state index in [0.29, 0.717) is 5.92 Å². The molecule has 1 unspecified atom stereocenters. The Morgan fingerprint density at radius 3 is 2.44 bits per heavy atom. The minimum atomic E-state index is -0.0769. The molecule has 2 rings (SSSR count). The molecule has 2 saturated carbocycles. The summed E-state index contributed by atoms with van der Waals surface area (Å²) < 4.78 is 0. The summed E-state index contributed by atoms with van der Waals surface area (Å²) >= 11 is 0. The minimum Gasteiger partial charge on any atom is -0.369 e. The molecule has 0 aromatic rings. The molecule has 0 aromatic heterocycles. The van der Waals surface area contributed by atoms with Gasteiger partial charge in [-0.3, -0.25) is 4.79 Å². The van der Waals surface area contributed by atoms with E-state index in [9.17, 15) is 4.79 Å². The molecule has 2 nitrogen and oxygen atoms in total. The predicted octanol–water partition coefficient (Wildman–Crippen LogP) is 0.518. The zero-order valence-electron chi connectivity index (χ0n) is 5.34. The van der Waals surface area contributed by atoms with Gasteiger partial charge in [0.1, 0.15) is 0 Å². The fourth-order valence-corrected chi connectivity index (χ4v) is 1.59. The Morgan fingerprint density at radius 2 is 2.11 bits per heavy atom. The van der Waals surface area contributed by atoms with Gasteiger partial charge in [-0.2, -0.15) is 0 Å². The normalized spacial score (nSPS) is 40.4. The average molecular weight is 125 g/mol. The zero-order valence-corrected chi connectivity index (χ0v) is 5.34. The predicted molar refractivity (Wildman–Crippen MR) is 33.5 cm³/mol. The van der Waals surface area contributed by atoms with Crippen LogP contribution < -0.4 is 5.73 Å². The molecule has 2 aliphatic carbocycles. The molecule has 0 aromatic carbocycles. The highest BCUT2D eigenvalue weighted by Gasteiger charge is 2.50. The van der Waals surface area contributed by atoms with Crippen molar-refractivity contribution >= 4 is 5.91 Å². The van der Waals surface area contributed by atoms with Crippen molar-refractivity contribution < 1.29 is 4.79 Å². The van der Waals surface area contributed by atoms with Crippen LogP contribution in [0.15, 0.2) is 0 Å². The van der Waals surface area contributed by atoms with Crippen molar-refractivity contribution in [2.75, 3.05) is 0 Å². The Morgan fingerprint density at radius 1 is 1.44 bits per heavy atom. The fraction of sp³-hybridized carbons (Fsp3) is 0.857. The second-order valence-corrected chi connectivity index (χ2v) is 3.25. The van der Waals surface area contributed by atoms with E-state index in [1.807, 2.05) is 0 Å². The van der Waals surface area contributed by atoms with Gasteiger partial charge < -0.3 is 5.73 Å². The lowest BCUT2D eigenvalue weighted by atomic mass is 10.2. The SMILES string of the molecule is NC(=O)C1C[C@@H]1C1CC1. The maximum atomic E-state index is 10.5. The smallest absolute Gasteiger partial charge is 0.220 e. The molecule has 0 spiro atoms. The van der Waals surface area contributed by atoms with Crippen molar-refractivity contribution in [3.05, 3.63) is 0 Å². The Labute approximate surface area is 54.4 Å². The van der Waals surface area contributed by atoms with Gasteiger partial charge in [0.2, 0.25) is 5.91 Å². The summed E-state index contributed by atoms with van der Waals surface area (Å²) in [6.07, 6.45) is 3.77. The van der Waals surface area contributed by atoms with Gasteiger partial charge in [0.25, 0.3) is 0 Å².